The molecule has 0 radical (unpaired) electrons. The van der Waals surface area contributed by atoms with Crippen LogP contribution in [0, 0.1) is 17.8 Å². The van der Waals surface area contributed by atoms with E-state index in [-0.39, 0.29) is 23.3 Å². The van der Waals surface area contributed by atoms with Gasteiger partial charge in [0, 0.05) is 23.8 Å². The average molecular weight is 467 g/mol. The molecule has 1 aromatic heterocycles. The van der Waals surface area contributed by atoms with Crippen LogP contribution in [0.25, 0.3) is 11.1 Å². The maximum absolute atomic E-state index is 13.5. The van der Waals surface area contributed by atoms with Crippen molar-refractivity contribution in [1.29, 1.82) is 0 Å². The highest BCUT2D eigenvalue weighted by Gasteiger charge is 2.50. The van der Waals surface area contributed by atoms with Gasteiger partial charge in [-0.15, -0.1) is 0 Å². The van der Waals surface area contributed by atoms with Crippen LogP contribution in [0.3, 0.4) is 0 Å². The van der Waals surface area contributed by atoms with Gasteiger partial charge in [0.05, 0.1) is 11.5 Å². The molecule has 8 nitrogen and oxygen atoms in total. The normalized spacial score (nSPS) is 24.3. The molecule has 3 aliphatic carbocycles. The molecule has 3 unspecified atom stereocenters. The van der Waals surface area contributed by atoms with Gasteiger partial charge in [-0.3, -0.25) is 14.4 Å². The molecule has 3 atom stereocenters. The van der Waals surface area contributed by atoms with Gasteiger partial charge in [-0.05, 0) is 54.0 Å². The Morgan fingerprint density at radius 1 is 1.09 bits per heavy atom. The molecule has 5 N–H and O–H groups in total. The molecule has 1 heterocycles. The van der Waals surface area contributed by atoms with E-state index < -0.39 is 52.3 Å². The number of aromatic hydroxyl groups is 1. The predicted octanol–water partition coefficient (Wildman–Crippen LogP) is 3.18. The number of nitrogens with two attached hydrogens (primary N) is 1. The minimum absolute atomic E-state index is 0.00241. The van der Waals surface area contributed by atoms with Crippen LogP contribution in [0.5, 0.6) is 5.75 Å². The lowest BCUT2D eigenvalue weighted by molar-refractivity contribution is -0.126. The van der Waals surface area contributed by atoms with E-state index in [1.165, 1.54) is 6.07 Å². The van der Waals surface area contributed by atoms with E-state index in [0.29, 0.717) is 34.7 Å². The summed E-state index contributed by atoms with van der Waals surface area (Å²) >= 11 is 5.90. The number of halogens is 1. The second-order valence-corrected chi connectivity index (χ2v) is 9.00. The summed E-state index contributed by atoms with van der Waals surface area (Å²) in [7, 11) is 0. The molecular weight excluding hydrogens is 448 g/mol. The number of Topliss-reactive ketones (excluding diaryl/α,β-unsaturated/α-hetero) is 2. The third-order valence-electron chi connectivity index (χ3n) is 6.81. The van der Waals surface area contributed by atoms with Crippen molar-refractivity contribution >= 4 is 29.1 Å². The maximum Gasteiger partial charge on any atom is 0.255 e. The van der Waals surface area contributed by atoms with Crippen LogP contribution in [0.1, 0.15) is 28.8 Å². The first-order valence-electron chi connectivity index (χ1n) is 10.4. The molecule has 0 bridgehead atoms. The highest BCUT2D eigenvalue weighted by molar-refractivity contribution is 6.29. The fourth-order valence-corrected chi connectivity index (χ4v) is 5.56. The number of benzene rings is 1. The number of aliphatic hydroxyl groups excluding tert-OH is 2. The monoisotopic (exact) mass is 466 g/mol. The molecule has 0 aliphatic heterocycles. The summed E-state index contributed by atoms with van der Waals surface area (Å²) in [6.45, 7) is 0. The van der Waals surface area contributed by atoms with Crippen LogP contribution in [0.2, 0.25) is 5.15 Å². The van der Waals surface area contributed by atoms with E-state index in [1.54, 1.807) is 24.4 Å². The molecule has 9 heteroatoms. The molecule has 33 heavy (non-hydrogen) atoms. The van der Waals surface area contributed by atoms with Gasteiger partial charge in [0.15, 0.2) is 11.6 Å². The largest absolute Gasteiger partial charge is 0.511 e. The number of phenols is 1. The Balaban J connectivity index is 1.64. The number of phenolic OH excluding ortho intramolecular Hbond substituents is 1. The SMILES string of the molecule is NC(=O)C1=C(O)CC2CC3Cc4c(-c5ccc(Cl)nc5)ccc(O)c4C(=O)C3=C(O)C2C1=O. The first kappa shape index (κ1) is 21.2. The van der Waals surface area contributed by atoms with Gasteiger partial charge in [0.2, 0.25) is 0 Å². The summed E-state index contributed by atoms with van der Waals surface area (Å²) in [6.07, 6.45) is 2.24. The molecule has 2 aromatic rings. The topological polar surface area (TPSA) is 151 Å². The number of aliphatic hydroxyl groups is 2. The van der Waals surface area contributed by atoms with Gasteiger partial charge in [0.1, 0.15) is 28.0 Å². The van der Waals surface area contributed by atoms with Gasteiger partial charge in [-0.25, -0.2) is 4.98 Å². The zero-order valence-corrected chi connectivity index (χ0v) is 18.0. The maximum atomic E-state index is 13.5. The van der Waals surface area contributed by atoms with Crippen LogP contribution in [-0.4, -0.2) is 37.8 Å². The number of nitrogens with zero attached hydrogens (tertiary/aromatic N) is 1. The quantitative estimate of drug-likeness (QED) is 0.392. The summed E-state index contributed by atoms with van der Waals surface area (Å²) < 4.78 is 0. The molecule has 1 amide bonds. The fraction of sp³-hybridized carbons (Fsp3) is 0.250. The lowest BCUT2D eigenvalue weighted by atomic mass is 9.62. The summed E-state index contributed by atoms with van der Waals surface area (Å²) in [5.41, 5.74) is 6.88. The van der Waals surface area contributed by atoms with Gasteiger partial charge in [-0.1, -0.05) is 17.7 Å². The molecule has 5 rings (SSSR count). The number of hydrogen-bond acceptors (Lipinski definition) is 7. The fourth-order valence-electron chi connectivity index (χ4n) is 5.45. The van der Waals surface area contributed by atoms with E-state index in [9.17, 15) is 29.7 Å². The van der Waals surface area contributed by atoms with Crippen LogP contribution in [-0.2, 0) is 16.0 Å². The van der Waals surface area contributed by atoms with E-state index in [0.717, 1.165) is 0 Å². The molecule has 168 valence electrons. The Kier molecular flexibility index (Phi) is 4.79. The molecule has 1 aromatic carbocycles. The standard InChI is InChI=1S/C24H19ClN2O6/c25-16-4-1-9(8-27-16)12-2-3-14(28)19-13(12)6-10-5-11-7-15(29)20(24(26)33)23(32)18(11)21(30)17(10)22(19)31/h1-4,8,10-11,18,28-30H,5-7H2,(H2,26,33). The van der Waals surface area contributed by atoms with Crippen molar-refractivity contribution < 1.29 is 29.7 Å². The summed E-state index contributed by atoms with van der Waals surface area (Å²) in [4.78, 5) is 42.2. The number of carbonyl (C=O) groups is 3. The third kappa shape index (κ3) is 3.13. The lowest BCUT2D eigenvalue weighted by Crippen LogP contribution is -2.43. The molecule has 0 saturated heterocycles. The van der Waals surface area contributed by atoms with Crippen molar-refractivity contribution in [2.75, 3.05) is 0 Å². The Morgan fingerprint density at radius 3 is 2.52 bits per heavy atom. The molecule has 0 spiro atoms. The van der Waals surface area contributed by atoms with Crippen LogP contribution >= 0.6 is 11.6 Å². The summed E-state index contributed by atoms with van der Waals surface area (Å²) in [5, 5.41) is 32.1. The van der Waals surface area contributed by atoms with Crippen molar-refractivity contribution in [3.63, 3.8) is 0 Å². The summed E-state index contributed by atoms with van der Waals surface area (Å²) in [5.74, 6) is -5.51. The number of hydrogen-bond donors (Lipinski definition) is 4. The lowest BCUT2D eigenvalue weighted by Gasteiger charge is -2.41. The Labute approximate surface area is 193 Å². The molecule has 0 saturated carbocycles. The zero-order valence-electron chi connectivity index (χ0n) is 17.2. The van der Waals surface area contributed by atoms with Crippen molar-refractivity contribution in [3.8, 4) is 16.9 Å². The number of pyridine rings is 1. The Hall–Kier alpha value is -3.65. The van der Waals surface area contributed by atoms with Crippen molar-refractivity contribution in [3.05, 3.63) is 69.4 Å². The second-order valence-electron chi connectivity index (χ2n) is 8.61. The van der Waals surface area contributed by atoms with Crippen LogP contribution in [0.15, 0.2) is 53.1 Å². The van der Waals surface area contributed by atoms with Crippen LogP contribution in [0.4, 0.5) is 0 Å². The average Bonchev–Trinajstić information content (AvgIpc) is 2.74. The second kappa shape index (κ2) is 7.45. The predicted molar refractivity (Wildman–Crippen MR) is 118 cm³/mol. The number of carbonyl (C=O) groups excluding carboxylic acids is 3. The minimum Gasteiger partial charge on any atom is -0.511 e. The van der Waals surface area contributed by atoms with Gasteiger partial charge in [0.25, 0.3) is 5.91 Å². The van der Waals surface area contributed by atoms with Crippen molar-refractivity contribution in [2.24, 2.45) is 23.5 Å². The van der Waals surface area contributed by atoms with E-state index in [4.69, 9.17) is 17.3 Å². The Morgan fingerprint density at radius 2 is 1.85 bits per heavy atom. The number of primary amides is 1. The first-order chi connectivity index (χ1) is 15.7. The Bertz CT molecular complexity index is 1310. The van der Waals surface area contributed by atoms with Gasteiger partial charge < -0.3 is 21.1 Å². The highest BCUT2D eigenvalue weighted by atomic mass is 35.5. The number of rotatable bonds is 2. The number of aromatic nitrogens is 1. The smallest absolute Gasteiger partial charge is 0.255 e. The molecule has 3 aliphatic rings. The minimum atomic E-state index is -1.13. The number of allylic oxidation sites excluding steroid dienone is 3. The number of ketones is 2. The highest BCUT2D eigenvalue weighted by Crippen LogP contribution is 2.50. The number of amides is 1. The van der Waals surface area contributed by atoms with E-state index >= 15 is 0 Å². The first-order valence-corrected chi connectivity index (χ1v) is 10.8. The van der Waals surface area contributed by atoms with Gasteiger partial charge in [-0.2, -0.15) is 0 Å². The van der Waals surface area contributed by atoms with Crippen LogP contribution < -0.4 is 5.73 Å². The van der Waals surface area contributed by atoms with E-state index in [2.05, 4.69) is 4.98 Å². The van der Waals surface area contributed by atoms with Gasteiger partial charge >= 0.3 is 0 Å². The third-order valence-corrected chi connectivity index (χ3v) is 7.03. The van der Waals surface area contributed by atoms with Crippen molar-refractivity contribution in [2.45, 2.75) is 19.3 Å². The molecule has 0 fully saturated rings. The summed E-state index contributed by atoms with van der Waals surface area (Å²) in [6, 6.07) is 6.49. The zero-order chi connectivity index (χ0) is 23.6. The van der Waals surface area contributed by atoms with Crippen molar-refractivity contribution in [1.82, 2.24) is 4.98 Å². The number of fused-ring (bicyclic) bond motifs is 3. The molecular formula is C24H19ClN2O6. The van der Waals surface area contributed by atoms with E-state index in [1.807, 2.05) is 0 Å².